The molecule has 0 nitrogen and oxygen atoms in total. The Morgan fingerprint density at radius 2 is 0.846 bits per heavy atom. The molecule has 0 radical (unpaired) electrons. The van der Waals surface area contributed by atoms with E-state index in [4.69, 9.17) is 0 Å². The van der Waals surface area contributed by atoms with Gasteiger partial charge >= 0.3 is 0 Å². The third-order valence-corrected chi connectivity index (χ3v) is 18.4. The minimum absolute atomic E-state index is 0. The topological polar surface area (TPSA) is 0 Å². The quantitative estimate of drug-likeness (QED) is 0.159. The summed E-state index contributed by atoms with van der Waals surface area (Å²) in [6.07, 6.45) is 32.6. The zero-order valence-electron chi connectivity index (χ0n) is 24.7. The smallest absolute Gasteiger partial charge is 0 e. The van der Waals surface area contributed by atoms with Gasteiger partial charge in [0.05, 0.1) is 0 Å². The minimum Gasteiger partial charge on any atom is -0.748 e. The van der Waals surface area contributed by atoms with Crippen molar-refractivity contribution in [2.24, 2.45) is 0 Å². The first-order chi connectivity index (χ1) is 18.9. The summed E-state index contributed by atoms with van der Waals surface area (Å²) >= 11 is 0. The number of hydrogen-bond acceptors (Lipinski definition) is 0. The molecule has 0 bridgehead atoms. The maximum Gasteiger partial charge on any atom is 0 e. The molecule has 0 heterocycles. The largest absolute Gasteiger partial charge is 0.748 e. The van der Waals surface area contributed by atoms with E-state index in [9.17, 15) is 0 Å². The third kappa shape index (κ3) is 9.54. The van der Waals surface area contributed by atoms with Crippen LogP contribution < -0.4 is 0 Å². The molecule has 224 valence electrons. The Balaban J connectivity index is 0.000000530. The predicted molar refractivity (Wildman–Crippen MR) is 173 cm³/mol. The van der Waals surface area contributed by atoms with Gasteiger partial charge in [-0.2, -0.15) is 12.1 Å². The van der Waals surface area contributed by atoms with Crippen molar-refractivity contribution in [1.82, 2.24) is 0 Å². The summed E-state index contributed by atoms with van der Waals surface area (Å²) < 4.78 is 0. The summed E-state index contributed by atoms with van der Waals surface area (Å²) in [5.74, 6) is 0. The normalized spacial score (nSPS) is 23.2. The van der Waals surface area contributed by atoms with Gasteiger partial charge in [-0.15, -0.1) is 21.4 Å². The van der Waals surface area contributed by atoms with E-state index in [1.54, 1.807) is 63.1 Å². The van der Waals surface area contributed by atoms with Crippen LogP contribution in [0.25, 0.3) is 0 Å². The Morgan fingerprint density at radius 1 is 0.513 bits per heavy atom. The standard InChI is InChI=1S/C31H51P2.C5H5.Fe/c1-5-17-27(18-6-1)32(28-19-7-2-8-20-28)25-31(26-15-13-14-16-26)33(29-21-9-3-10-22-29)30-23-11-4-12-24-30;1-2-4-5-3-1;/h13-16,27-31H,1-12,17-25H2;1-5H;/q-1;-5;. The molecule has 1 atom stereocenters. The Hall–Kier alpha value is 0.0795. The summed E-state index contributed by atoms with van der Waals surface area (Å²) in [6.45, 7) is 0. The molecular formula is C36H56FeP2-6. The van der Waals surface area contributed by atoms with Gasteiger partial charge in [0.15, 0.2) is 0 Å². The van der Waals surface area contributed by atoms with Crippen molar-refractivity contribution in [3.05, 3.63) is 60.2 Å². The van der Waals surface area contributed by atoms with Crippen LogP contribution in [0.1, 0.15) is 140 Å². The van der Waals surface area contributed by atoms with Crippen molar-refractivity contribution in [1.29, 1.82) is 0 Å². The van der Waals surface area contributed by atoms with Crippen LogP contribution in [0.2, 0.25) is 0 Å². The Morgan fingerprint density at radius 3 is 1.21 bits per heavy atom. The molecule has 39 heavy (non-hydrogen) atoms. The SMILES string of the molecule is [Fe].[cH-]1[cH-][cH-][cH-][cH-]1.c1cc[c-](C(CP(C2CCCCC2)C2CCCCC2)P(C2CCCCC2)C2CCCCC2)c1. The van der Waals surface area contributed by atoms with E-state index in [-0.39, 0.29) is 32.9 Å². The molecule has 6 rings (SSSR count). The fraction of sp³-hybridized carbons (Fsp3) is 0.722. The predicted octanol–water partition coefficient (Wildman–Crippen LogP) is 12.1. The van der Waals surface area contributed by atoms with Gasteiger partial charge in [-0.3, -0.25) is 0 Å². The summed E-state index contributed by atoms with van der Waals surface area (Å²) in [5, 5.41) is 0. The van der Waals surface area contributed by atoms with E-state index in [1.165, 1.54) is 77.0 Å². The maximum absolute atomic E-state index is 2.57. The van der Waals surface area contributed by atoms with E-state index in [1.807, 2.05) is 30.3 Å². The van der Waals surface area contributed by atoms with Gasteiger partial charge < -0.3 is 30.3 Å². The van der Waals surface area contributed by atoms with Crippen LogP contribution in [0.15, 0.2) is 54.6 Å². The van der Waals surface area contributed by atoms with Gasteiger partial charge in [-0.05, 0) is 85.8 Å². The van der Waals surface area contributed by atoms with Crippen LogP contribution in [-0.2, 0) is 17.1 Å². The zero-order chi connectivity index (χ0) is 25.8. The van der Waals surface area contributed by atoms with Gasteiger partial charge in [0, 0.05) is 17.1 Å². The first-order valence-corrected chi connectivity index (χ1v) is 20.0. The maximum atomic E-state index is 2.57. The van der Waals surface area contributed by atoms with Crippen LogP contribution in [0, 0.1) is 0 Å². The van der Waals surface area contributed by atoms with Gasteiger partial charge in [0.25, 0.3) is 0 Å². The van der Waals surface area contributed by atoms with Crippen molar-refractivity contribution >= 4 is 15.8 Å². The molecule has 2 aromatic carbocycles. The average Bonchev–Trinajstić information content (AvgIpc) is 3.75. The van der Waals surface area contributed by atoms with Crippen molar-refractivity contribution in [3.63, 3.8) is 0 Å². The fourth-order valence-corrected chi connectivity index (χ4v) is 17.7. The van der Waals surface area contributed by atoms with Crippen molar-refractivity contribution in [3.8, 4) is 0 Å². The molecule has 3 heteroatoms. The summed E-state index contributed by atoms with van der Waals surface area (Å²) in [4.78, 5) is 0. The molecule has 0 amide bonds. The first-order valence-electron chi connectivity index (χ1n) is 16.8. The number of hydrogen-bond donors (Lipinski definition) is 0. The van der Waals surface area contributed by atoms with Crippen LogP contribution in [0.5, 0.6) is 0 Å². The molecule has 4 saturated carbocycles. The first kappa shape index (κ1) is 32.0. The summed E-state index contributed by atoms with van der Waals surface area (Å²) in [5.41, 5.74) is 7.14. The van der Waals surface area contributed by atoms with Gasteiger partial charge in [0.1, 0.15) is 0 Å². The molecule has 2 aromatic rings. The van der Waals surface area contributed by atoms with Crippen LogP contribution in [0.3, 0.4) is 0 Å². The molecule has 4 fully saturated rings. The van der Waals surface area contributed by atoms with E-state index in [2.05, 4.69) is 24.3 Å². The molecule has 0 aromatic heterocycles. The molecule has 4 aliphatic rings. The van der Waals surface area contributed by atoms with E-state index in [0.29, 0.717) is 0 Å². The van der Waals surface area contributed by atoms with Crippen LogP contribution in [0.4, 0.5) is 0 Å². The number of rotatable bonds is 8. The average molecular weight is 607 g/mol. The molecule has 0 spiro atoms. The Bertz CT molecular complexity index is 768. The van der Waals surface area contributed by atoms with Crippen LogP contribution >= 0.6 is 15.8 Å². The molecule has 1 unspecified atom stereocenters. The zero-order valence-corrected chi connectivity index (χ0v) is 27.6. The molecular weight excluding hydrogens is 550 g/mol. The van der Waals surface area contributed by atoms with Gasteiger partial charge in [0.2, 0.25) is 0 Å². The van der Waals surface area contributed by atoms with Crippen molar-refractivity contribution < 1.29 is 17.1 Å². The van der Waals surface area contributed by atoms with Crippen LogP contribution in [-0.4, -0.2) is 28.8 Å². The Labute approximate surface area is 255 Å². The molecule has 4 aliphatic carbocycles. The van der Waals surface area contributed by atoms with Crippen molar-refractivity contribution in [2.75, 3.05) is 6.16 Å². The fourth-order valence-electron chi connectivity index (χ4n) is 8.49. The van der Waals surface area contributed by atoms with E-state index < -0.39 is 0 Å². The van der Waals surface area contributed by atoms with Gasteiger partial charge in [-0.25, -0.2) is 12.1 Å². The van der Waals surface area contributed by atoms with E-state index in [0.717, 1.165) is 28.3 Å². The second-order valence-electron chi connectivity index (χ2n) is 13.0. The summed E-state index contributed by atoms with van der Waals surface area (Å²) in [6, 6.07) is 19.9. The minimum atomic E-state index is 0. The second kappa shape index (κ2) is 17.9. The Kier molecular flexibility index (Phi) is 14.7. The third-order valence-electron chi connectivity index (χ3n) is 10.5. The monoisotopic (exact) mass is 606 g/mol. The second-order valence-corrected chi connectivity index (χ2v) is 18.8. The summed E-state index contributed by atoms with van der Waals surface area (Å²) in [7, 11) is 0.331. The molecule has 0 aliphatic heterocycles. The van der Waals surface area contributed by atoms with E-state index >= 15 is 0 Å². The van der Waals surface area contributed by atoms with Gasteiger partial charge in [-0.1, -0.05) is 77.0 Å². The van der Waals surface area contributed by atoms with Crippen molar-refractivity contribution in [2.45, 2.75) is 157 Å². The molecule has 0 saturated heterocycles. The molecule has 0 N–H and O–H groups in total.